The molecule has 1 aromatic heterocycles. The third kappa shape index (κ3) is 3.83. The van der Waals surface area contributed by atoms with E-state index in [0.29, 0.717) is 12.1 Å². The van der Waals surface area contributed by atoms with Crippen LogP contribution in [0.25, 0.3) is 10.9 Å². The molecule has 0 radical (unpaired) electrons. The second kappa shape index (κ2) is 8.28. The number of hydrogen-bond donors (Lipinski definition) is 2. The number of pyridine rings is 1. The van der Waals surface area contributed by atoms with E-state index in [2.05, 4.69) is 10.2 Å². The monoisotopic (exact) mass is 397 g/mol. The second-order valence-electron chi connectivity index (χ2n) is 8.73. The lowest BCUT2D eigenvalue weighted by molar-refractivity contribution is 0.0827. The molecule has 1 aromatic carbocycles. The molecule has 156 valence electrons. The van der Waals surface area contributed by atoms with Crippen molar-refractivity contribution in [2.24, 2.45) is 0 Å². The first kappa shape index (κ1) is 20.1. The molecule has 0 spiro atoms. The molecule has 2 aliphatic rings. The standard InChI is InChI=1S/C23H31N3O3/c1-15(2)26-21-7-4-3-6-16(21)12-20(23(26)29)22(28)24-17-13-18-8-9-19(14-17)25(18)10-5-11-27/h3-4,6-7,12,15,17-19,27H,5,8-11,13-14H2,1-2H3,(H,24,28)/t17?,18-,19+. The molecule has 2 aromatic rings. The SMILES string of the molecule is CC(C)n1c(=O)c(C(=O)NC2C[C@H]3CC[C@@H](C2)N3CCCO)cc2ccccc21. The minimum absolute atomic E-state index is 0.0224. The van der Waals surface area contributed by atoms with Crippen molar-refractivity contribution >= 4 is 16.8 Å². The Morgan fingerprint density at radius 1 is 1.21 bits per heavy atom. The van der Waals surface area contributed by atoms with E-state index in [0.717, 1.165) is 49.6 Å². The zero-order chi connectivity index (χ0) is 20.5. The molecule has 6 heteroatoms. The van der Waals surface area contributed by atoms with E-state index in [1.54, 1.807) is 10.6 Å². The van der Waals surface area contributed by atoms with Gasteiger partial charge in [-0.05, 0) is 63.5 Å². The summed E-state index contributed by atoms with van der Waals surface area (Å²) in [5.74, 6) is -0.261. The molecular weight excluding hydrogens is 366 g/mol. The van der Waals surface area contributed by atoms with Crippen molar-refractivity contribution in [3.05, 3.63) is 46.2 Å². The Balaban J connectivity index is 1.55. The molecule has 2 saturated heterocycles. The van der Waals surface area contributed by atoms with Gasteiger partial charge in [0.25, 0.3) is 11.5 Å². The van der Waals surface area contributed by atoms with Gasteiger partial charge in [0.2, 0.25) is 0 Å². The minimum Gasteiger partial charge on any atom is -0.396 e. The first-order valence-electron chi connectivity index (χ1n) is 10.8. The second-order valence-corrected chi connectivity index (χ2v) is 8.73. The number of rotatable bonds is 6. The third-order valence-corrected chi connectivity index (χ3v) is 6.50. The Hall–Kier alpha value is -2.18. The quantitative estimate of drug-likeness (QED) is 0.786. The summed E-state index contributed by atoms with van der Waals surface area (Å²) in [6.07, 6.45) is 4.94. The Bertz CT molecular complexity index is 938. The maximum atomic E-state index is 13.1. The zero-order valence-electron chi connectivity index (χ0n) is 17.3. The van der Waals surface area contributed by atoms with Gasteiger partial charge in [-0.2, -0.15) is 0 Å². The molecule has 4 rings (SSSR count). The zero-order valence-corrected chi connectivity index (χ0v) is 17.3. The van der Waals surface area contributed by atoms with E-state index in [4.69, 9.17) is 5.11 Å². The molecule has 29 heavy (non-hydrogen) atoms. The molecule has 6 nitrogen and oxygen atoms in total. The van der Waals surface area contributed by atoms with Gasteiger partial charge in [-0.1, -0.05) is 18.2 Å². The summed E-state index contributed by atoms with van der Waals surface area (Å²) in [5.41, 5.74) is 0.867. The summed E-state index contributed by atoms with van der Waals surface area (Å²) in [6, 6.07) is 10.5. The average Bonchev–Trinajstić information content (AvgIpc) is 2.93. The maximum absolute atomic E-state index is 13.1. The number of hydrogen-bond acceptors (Lipinski definition) is 4. The lowest BCUT2D eigenvalue weighted by atomic mass is 9.96. The first-order chi connectivity index (χ1) is 14.0. The number of aliphatic hydroxyl groups is 1. The largest absolute Gasteiger partial charge is 0.396 e. The number of benzene rings is 1. The molecule has 2 bridgehead atoms. The molecule has 2 N–H and O–H groups in total. The van der Waals surface area contributed by atoms with Gasteiger partial charge < -0.3 is 15.0 Å². The summed E-state index contributed by atoms with van der Waals surface area (Å²) in [7, 11) is 0. The summed E-state index contributed by atoms with van der Waals surface area (Å²) < 4.78 is 1.71. The van der Waals surface area contributed by atoms with Gasteiger partial charge in [-0.3, -0.25) is 14.5 Å². The van der Waals surface area contributed by atoms with Crippen LogP contribution in [0.15, 0.2) is 35.1 Å². The number of carbonyl (C=O) groups excluding carboxylic acids is 1. The summed E-state index contributed by atoms with van der Waals surface area (Å²) in [6.45, 7) is 5.08. The number of fused-ring (bicyclic) bond motifs is 3. The van der Waals surface area contributed by atoms with Gasteiger partial charge in [-0.15, -0.1) is 0 Å². The van der Waals surface area contributed by atoms with E-state index >= 15 is 0 Å². The Kier molecular flexibility index (Phi) is 5.74. The molecule has 0 saturated carbocycles. The Morgan fingerprint density at radius 2 is 1.90 bits per heavy atom. The van der Waals surface area contributed by atoms with Crippen LogP contribution in [0, 0.1) is 0 Å². The van der Waals surface area contributed by atoms with Gasteiger partial charge in [0.1, 0.15) is 5.56 Å². The Labute approximate surface area is 171 Å². The lowest BCUT2D eigenvalue weighted by Crippen LogP contribution is -2.51. The molecular formula is C23H31N3O3. The number of piperidine rings is 1. The Morgan fingerprint density at radius 3 is 2.55 bits per heavy atom. The molecule has 3 atom stereocenters. The highest BCUT2D eigenvalue weighted by molar-refractivity contribution is 5.97. The van der Waals surface area contributed by atoms with Crippen molar-refractivity contribution in [2.75, 3.05) is 13.2 Å². The van der Waals surface area contributed by atoms with Crippen LogP contribution in [-0.4, -0.2) is 51.8 Å². The maximum Gasteiger partial charge on any atom is 0.264 e. The first-order valence-corrected chi connectivity index (χ1v) is 10.8. The highest BCUT2D eigenvalue weighted by atomic mass is 16.3. The topological polar surface area (TPSA) is 74.6 Å². The molecule has 2 aliphatic heterocycles. The van der Waals surface area contributed by atoms with Crippen LogP contribution in [0.2, 0.25) is 0 Å². The van der Waals surface area contributed by atoms with E-state index in [1.165, 1.54) is 0 Å². The van der Waals surface area contributed by atoms with Crippen molar-refractivity contribution in [1.29, 1.82) is 0 Å². The fourth-order valence-electron chi connectivity index (χ4n) is 5.23. The van der Waals surface area contributed by atoms with Crippen LogP contribution >= 0.6 is 0 Å². The van der Waals surface area contributed by atoms with Crippen molar-refractivity contribution in [1.82, 2.24) is 14.8 Å². The highest BCUT2D eigenvalue weighted by Crippen LogP contribution is 2.35. The molecule has 1 amide bonds. The number of nitrogens with one attached hydrogen (secondary N) is 1. The predicted molar refractivity (Wildman–Crippen MR) is 114 cm³/mol. The van der Waals surface area contributed by atoms with Gasteiger partial charge in [0, 0.05) is 37.3 Å². The number of nitrogens with zero attached hydrogens (tertiary/aromatic N) is 2. The van der Waals surface area contributed by atoms with Crippen LogP contribution in [0.1, 0.15) is 62.4 Å². The number of aromatic nitrogens is 1. The van der Waals surface area contributed by atoms with Gasteiger partial charge in [0.15, 0.2) is 0 Å². The van der Waals surface area contributed by atoms with Crippen molar-refractivity contribution in [3.63, 3.8) is 0 Å². The van der Waals surface area contributed by atoms with Crippen LogP contribution < -0.4 is 10.9 Å². The van der Waals surface area contributed by atoms with Gasteiger partial charge in [-0.25, -0.2) is 0 Å². The van der Waals surface area contributed by atoms with Crippen LogP contribution in [0.4, 0.5) is 0 Å². The van der Waals surface area contributed by atoms with E-state index < -0.39 is 0 Å². The molecule has 2 fully saturated rings. The van der Waals surface area contributed by atoms with Gasteiger partial charge in [0.05, 0.1) is 5.52 Å². The number of aliphatic hydroxyl groups excluding tert-OH is 1. The minimum atomic E-state index is -0.261. The summed E-state index contributed by atoms with van der Waals surface area (Å²) in [4.78, 5) is 28.7. The van der Waals surface area contributed by atoms with Crippen molar-refractivity contribution in [2.45, 2.75) is 70.1 Å². The number of carbonyl (C=O) groups is 1. The smallest absolute Gasteiger partial charge is 0.264 e. The molecule has 3 heterocycles. The highest BCUT2D eigenvalue weighted by Gasteiger charge is 2.40. The molecule has 1 unspecified atom stereocenters. The van der Waals surface area contributed by atoms with Gasteiger partial charge >= 0.3 is 0 Å². The van der Waals surface area contributed by atoms with Crippen LogP contribution in [-0.2, 0) is 0 Å². The number of amides is 1. The lowest BCUT2D eigenvalue weighted by Gasteiger charge is -2.39. The predicted octanol–water partition coefficient (Wildman–Crippen LogP) is 2.69. The fraction of sp³-hybridized carbons (Fsp3) is 0.565. The average molecular weight is 398 g/mol. The van der Waals surface area contributed by atoms with Crippen molar-refractivity contribution < 1.29 is 9.90 Å². The summed E-state index contributed by atoms with van der Waals surface area (Å²) in [5, 5.41) is 13.2. The van der Waals surface area contributed by atoms with Crippen LogP contribution in [0.3, 0.4) is 0 Å². The summed E-state index contributed by atoms with van der Waals surface area (Å²) >= 11 is 0. The van der Waals surface area contributed by atoms with E-state index in [1.807, 2.05) is 38.1 Å². The normalized spacial score (nSPS) is 24.3. The third-order valence-electron chi connectivity index (χ3n) is 6.50. The van der Waals surface area contributed by atoms with Crippen LogP contribution in [0.5, 0.6) is 0 Å². The van der Waals surface area contributed by atoms with E-state index in [9.17, 15) is 9.59 Å². The van der Waals surface area contributed by atoms with E-state index in [-0.39, 0.29) is 35.7 Å². The molecule has 0 aliphatic carbocycles. The number of para-hydroxylation sites is 1. The van der Waals surface area contributed by atoms with Crippen molar-refractivity contribution in [3.8, 4) is 0 Å². The fourth-order valence-corrected chi connectivity index (χ4v) is 5.23.